The minimum Gasteiger partial charge on any atom is -0.391 e. The van der Waals surface area contributed by atoms with E-state index in [0.717, 1.165) is 37.8 Å². The molecule has 1 saturated carbocycles. The molecule has 24 heavy (non-hydrogen) atoms. The van der Waals surface area contributed by atoms with Crippen LogP contribution in [0.2, 0.25) is 0 Å². The lowest BCUT2D eigenvalue weighted by molar-refractivity contribution is -0.138. The fourth-order valence-corrected chi connectivity index (χ4v) is 3.02. The predicted molar refractivity (Wildman–Crippen MR) is 90.0 cm³/mol. The van der Waals surface area contributed by atoms with Crippen LogP contribution in [-0.2, 0) is 17.6 Å². The van der Waals surface area contributed by atoms with Crippen LogP contribution in [0.15, 0.2) is 23.4 Å². The summed E-state index contributed by atoms with van der Waals surface area (Å²) in [6, 6.07) is 4.60. The van der Waals surface area contributed by atoms with E-state index in [9.17, 15) is 13.2 Å². The highest BCUT2D eigenvalue weighted by atomic mass is 19.4. The van der Waals surface area contributed by atoms with Crippen molar-refractivity contribution in [1.29, 1.82) is 0 Å². The van der Waals surface area contributed by atoms with Gasteiger partial charge in [-0.25, -0.2) is 0 Å². The molecule has 0 heterocycles. The molecule has 0 amide bonds. The van der Waals surface area contributed by atoms with Crippen molar-refractivity contribution in [2.75, 3.05) is 0 Å². The summed E-state index contributed by atoms with van der Waals surface area (Å²) in [5.74, 6) is 0.274. The number of halogens is 3. The second-order valence-electron chi connectivity index (χ2n) is 6.92. The third-order valence-electron chi connectivity index (χ3n) is 4.74. The Labute approximate surface area is 142 Å². The van der Waals surface area contributed by atoms with Gasteiger partial charge in [-0.1, -0.05) is 50.4 Å². The average molecular weight is 341 g/mol. The predicted octanol–water partition coefficient (Wildman–Crippen LogP) is 6.30. The van der Waals surface area contributed by atoms with Crippen molar-refractivity contribution < 1.29 is 18.0 Å². The van der Waals surface area contributed by atoms with Crippen LogP contribution in [0.25, 0.3) is 0 Å². The minimum absolute atomic E-state index is 0.0200. The topological polar surface area (TPSA) is 21.6 Å². The molecular weight excluding hydrogens is 315 g/mol. The molecule has 2 rings (SSSR count). The van der Waals surface area contributed by atoms with Crippen LogP contribution >= 0.6 is 0 Å². The van der Waals surface area contributed by atoms with E-state index in [2.05, 4.69) is 5.16 Å². The van der Waals surface area contributed by atoms with Gasteiger partial charge in [0, 0.05) is 0 Å². The van der Waals surface area contributed by atoms with Crippen molar-refractivity contribution in [3.05, 3.63) is 34.9 Å². The number of rotatable bonds is 5. The third-order valence-corrected chi connectivity index (χ3v) is 4.74. The monoisotopic (exact) mass is 341 g/mol. The van der Waals surface area contributed by atoms with Crippen LogP contribution in [0.5, 0.6) is 0 Å². The second-order valence-corrected chi connectivity index (χ2v) is 6.92. The van der Waals surface area contributed by atoms with Crippen LogP contribution in [0, 0.1) is 5.92 Å². The van der Waals surface area contributed by atoms with Gasteiger partial charge in [-0.05, 0) is 48.8 Å². The van der Waals surface area contributed by atoms with Crippen molar-refractivity contribution in [2.24, 2.45) is 11.1 Å². The van der Waals surface area contributed by atoms with Gasteiger partial charge in [-0.3, -0.25) is 0 Å². The Morgan fingerprint density at radius 2 is 1.88 bits per heavy atom. The Kier molecular flexibility index (Phi) is 6.30. The van der Waals surface area contributed by atoms with Gasteiger partial charge in [0.05, 0.1) is 11.3 Å². The van der Waals surface area contributed by atoms with E-state index < -0.39 is 11.7 Å². The lowest BCUT2D eigenvalue weighted by Gasteiger charge is -2.25. The molecule has 0 saturated heterocycles. The molecule has 0 aliphatic heterocycles. The number of hydrogen-bond acceptors (Lipinski definition) is 2. The van der Waals surface area contributed by atoms with E-state index in [-0.39, 0.29) is 18.4 Å². The Morgan fingerprint density at radius 1 is 1.21 bits per heavy atom. The first-order valence-electron chi connectivity index (χ1n) is 8.65. The molecule has 0 unspecified atom stereocenters. The largest absolute Gasteiger partial charge is 0.416 e. The number of nitrogens with zero attached hydrogens (tertiary/aromatic N) is 1. The zero-order valence-corrected chi connectivity index (χ0v) is 14.6. The summed E-state index contributed by atoms with van der Waals surface area (Å²) < 4.78 is 40.4. The van der Waals surface area contributed by atoms with Crippen molar-refractivity contribution in [3.63, 3.8) is 0 Å². The van der Waals surface area contributed by atoms with Gasteiger partial charge in [0.15, 0.2) is 0 Å². The number of alkyl halides is 3. The molecule has 1 aromatic carbocycles. The molecule has 1 aromatic rings. The maximum atomic E-state index is 13.5. The van der Waals surface area contributed by atoms with Gasteiger partial charge in [-0.15, -0.1) is 0 Å². The summed E-state index contributed by atoms with van der Waals surface area (Å²) in [7, 11) is 0. The van der Waals surface area contributed by atoms with E-state index in [0.29, 0.717) is 11.1 Å². The fourth-order valence-electron chi connectivity index (χ4n) is 3.02. The number of benzene rings is 1. The third kappa shape index (κ3) is 4.99. The zero-order valence-electron chi connectivity index (χ0n) is 14.6. The molecule has 1 aliphatic rings. The van der Waals surface area contributed by atoms with Crippen LogP contribution in [0.1, 0.15) is 75.5 Å². The lowest BCUT2D eigenvalue weighted by atomic mass is 9.81. The normalized spacial score (nSPS) is 17.4. The first-order valence-corrected chi connectivity index (χ1v) is 8.65. The van der Waals surface area contributed by atoms with Gasteiger partial charge in [0.1, 0.15) is 6.61 Å². The average Bonchev–Trinajstić information content (AvgIpc) is 2.54. The molecule has 0 aromatic heterocycles. The van der Waals surface area contributed by atoms with E-state index in [4.69, 9.17) is 4.84 Å². The van der Waals surface area contributed by atoms with Crippen molar-refractivity contribution in [2.45, 2.75) is 71.6 Å². The van der Waals surface area contributed by atoms with Gasteiger partial charge in [0.2, 0.25) is 0 Å². The summed E-state index contributed by atoms with van der Waals surface area (Å²) in [5, 5.41) is 3.96. The Balaban J connectivity index is 2.18. The fraction of sp³-hybridized carbons (Fsp3) is 0.632. The molecule has 0 atom stereocenters. The Bertz CT molecular complexity index is 572. The zero-order chi connectivity index (χ0) is 17.7. The summed E-state index contributed by atoms with van der Waals surface area (Å²) in [4.78, 5) is 5.22. The molecule has 5 heteroatoms. The van der Waals surface area contributed by atoms with Gasteiger partial charge in [-0.2, -0.15) is 13.2 Å². The summed E-state index contributed by atoms with van der Waals surface area (Å²) in [6.07, 6.45) is 0.497. The second kappa shape index (κ2) is 8.04. The summed E-state index contributed by atoms with van der Waals surface area (Å²) in [5.41, 5.74) is 1.25. The van der Waals surface area contributed by atoms with Crippen molar-refractivity contribution in [3.8, 4) is 0 Å². The first-order chi connectivity index (χ1) is 11.3. The first kappa shape index (κ1) is 18.8. The molecule has 134 valence electrons. The minimum atomic E-state index is -4.33. The van der Waals surface area contributed by atoms with E-state index in [1.807, 2.05) is 20.8 Å². The van der Waals surface area contributed by atoms with Crippen LogP contribution in [-0.4, -0.2) is 5.71 Å². The van der Waals surface area contributed by atoms with E-state index in [1.165, 1.54) is 6.07 Å². The molecule has 2 nitrogen and oxygen atoms in total. The van der Waals surface area contributed by atoms with Crippen LogP contribution < -0.4 is 0 Å². The van der Waals surface area contributed by atoms with Gasteiger partial charge in [0.25, 0.3) is 0 Å². The highest BCUT2D eigenvalue weighted by molar-refractivity contribution is 5.83. The summed E-state index contributed by atoms with van der Waals surface area (Å²) >= 11 is 0. The van der Waals surface area contributed by atoms with Crippen molar-refractivity contribution >= 4 is 5.71 Å². The van der Waals surface area contributed by atoms with Crippen molar-refractivity contribution in [1.82, 2.24) is 0 Å². The standard InChI is InChI=1S/C19H26F3NO/c1-13(2)14(3)23-24-12-15-9-10-17(16-7-5-4-6-8-16)18(11-15)19(20,21)22/h9-11,13,16H,4-8,12H2,1-3H3/b23-14+. The quantitative estimate of drug-likeness (QED) is 0.455. The molecule has 0 radical (unpaired) electrons. The Morgan fingerprint density at radius 3 is 2.46 bits per heavy atom. The van der Waals surface area contributed by atoms with Gasteiger partial charge < -0.3 is 4.84 Å². The molecule has 0 N–H and O–H groups in total. The summed E-state index contributed by atoms with van der Waals surface area (Å²) in [6.45, 7) is 5.88. The number of oxime groups is 1. The molecule has 1 fully saturated rings. The Hall–Kier alpha value is -1.52. The van der Waals surface area contributed by atoms with E-state index >= 15 is 0 Å². The van der Waals surface area contributed by atoms with Crippen LogP contribution in [0.4, 0.5) is 13.2 Å². The smallest absolute Gasteiger partial charge is 0.391 e. The van der Waals surface area contributed by atoms with Gasteiger partial charge >= 0.3 is 6.18 Å². The highest BCUT2D eigenvalue weighted by Crippen LogP contribution is 2.41. The molecular formula is C19H26F3NO. The van der Waals surface area contributed by atoms with Crippen LogP contribution in [0.3, 0.4) is 0 Å². The lowest BCUT2D eigenvalue weighted by Crippen LogP contribution is -2.15. The SMILES string of the molecule is C/C(=N\OCc1ccc(C2CCCCC2)c(C(F)(F)F)c1)C(C)C. The highest BCUT2D eigenvalue weighted by Gasteiger charge is 2.35. The maximum Gasteiger partial charge on any atom is 0.416 e. The molecule has 0 spiro atoms. The molecule has 1 aliphatic carbocycles. The molecule has 0 bridgehead atoms. The maximum absolute atomic E-state index is 13.5. The number of hydrogen-bond donors (Lipinski definition) is 0. The van der Waals surface area contributed by atoms with E-state index in [1.54, 1.807) is 12.1 Å².